The van der Waals surface area contributed by atoms with Crippen LogP contribution >= 0.6 is 11.3 Å². The summed E-state index contributed by atoms with van der Waals surface area (Å²) < 4.78 is 0.984. The monoisotopic (exact) mass is 386 g/mol. The van der Waals surface area contributed by atoms with Gasteiger partial charge in [0.1, 0.15) is 12.1 Å². The van der Waals surface area contributed by atoms with E-state index in [0.717, 1.165) is 28.0 Å². The smallest absolute Gasteiger partial charge is 0.323 e. The number of rotatable bonds is 3. The minimum atomic E-state index is -0.821. The molecule has 1 saturated heterocycles. The number of amides is 4. The summed E-state index contributed by atoms with van der Waals surface area (Å²) >= 11 is 1.40. The van der Waals surface area contributed by atoms with Gasteiger partial charge in [-0.3, -0.25) is 19.4 Å². The lowest BCUT2D eigenvalue weighted by Gasteiger charge is -2.33. The molecule has 8 heteroatoms. The Morgan fingerprint density at radius 3 is 2.74 bits per heavy atom. The van der Waals surface area contributed by atoms with Crippen molar-refractivity contribution in [3.63, 3.8) is 0 Å². The number of hydrogen-bond donors (Lipinski definition) is 1. The van der Waals surface area contributed by atoms with Gasteiger partial charge in [0.15, 0.2) is 5.13 Å². The van der Waals surface area contributed by atoms with Crippen LogP contribution in [0.15, 0.2) is 24.3 Å². The maximum absolute atomic E-state index is 12.9. The lowest BCUT2D eigenvalue weighted by atomic mass is 9.77. The molecule has 1 spiro atoms. The first-order chi connectivity index (χ1) is 12.9. The third-order valence-electron chi connectivity index (χ3n) is 5.61. The molecule has 0 bridgehead atoms. The highest BCUT2D eigenvalue weighted by Gasteiger charge is 2.52. The molecule has 1 aliphatic carbocycles. The van der Waals surface area contributed by atoms with Crippen molar-refractivity contribution in [2.24, 2.45) is 5.92 Å². The lowest BCUT2D eigenvalue weighted by Crippen LogP contribution is -2.50. The standard InChI is InChI=1S/C19H22N4O3S/c1-12-7-9-19(10-8-12)16(25)23(17(26)21-19)11-15(24)22(2)18-20-13-5-3-4-6-14(13)27-18/h3-6,12H,7-11H2,1-2H3,(H,21,26). The number of carbonyl (C=O) groups is 3. The van der Waals surface area contributed by atoms with Crippen molar-refractivity contribution in [1.82, 2.24) is 15.2 Å². The van der Waals surface area contributed by atoms with E-state index >= 15 is 0 Å². The summed E-state index contributed by atoms with van der Waals surface area (Å²) in [4.78, 5) is 44.9. The molecule has 1 saturated carbocycles. The van der Waals surface area contributed by atoms with Gasteiger partial charge in [0.25, 0.3) is 5.91 Å². The SMILES string of the molecule is CC1CCC2(CC1)NC(=O)N(CC(=O)N(C)c1nc3ccccc3s1)C2=O. The van der Waals surface area contributed by atoms with Gasteiger partial charge in [-0.25, -0.2) is 9.78 Å². The fraction of sp³-hybridized carbons (Fsp3) is 0.474. The van der Waals surface area contributed by atoms with E-state index in [4.69, 9.17) is 0 Å². The lowest BCUT2D eigenvalue weighted by molar-refractivity contribution is -0.135. The number of carbonyl (C=O) groups excluding carboxylic acids is 3. The maximum atomic E-state index is 12.9. The fourth-order valence-corrected chi connectivity index (χ4v) is 4.71. The van der Waals surface area contributed by atoms with Crippen LogP contribution in [0.5, 0.6) is 0 Å². The van der Waals surface area contributed by atoms with E-state index in [9.17, 15) is 14.4 Å². The number of aromatic nitrogens is 1. The molecule has 142 valence electrons. The summed E-state index contributed by atoms with van der Waals surface area (Å²) in [7, 11) is 1.62. The van der Waals surface area contributed by atoms with Crippen LogP contribution in [0.2, 0.25) is 0 Å². The summed E-state index contributed by atoms with van der Waals surface area (Å²) in [6.07, 6.45) is 3.08. The first kappa shape index (κ1) is 17.9. The van der Waals surface area contributed by atoms with Gasteiger partial charge < -0.3 is 5.32 Å². The van der Waals surface area contributed by atoms with Crippen molar-refractivity contribution in [3.8, 4) is 0 Å². The van der Waals surface area contributed by atoms with Crippen molar-refractivity contribution in [2.75, 3.05) is 18.5 Å². The van der Waals surface area contributed by atoms with Crippen molar-refractivity contribution >= 4 is 44.5 Å². The van der Waals surface area contributed by atoms with E-state index in [0.29, 0.717) is 23.9 Å². The molecule has 1 aromatic carbocycles. The predicted octanol–water partition coefficient (Wildman–Crippen LogP) is 2.76. The predicted molar refractivity (Wildman–Crippen MR) is 104 cm³/mol. The quantitative estimate of drug-likeness (QED) is 0.823. The highest BCUT2D eigenvalue weighted by Crippen LogP contribution is 2.36. The first-order valence-electron chi connectivity index (χ1n) is 9.16. The molecule has 4 rings (SSSR count). The Morgan fingerprint density at radius 1 is 1.33 bits per heavy atom. The van der Waals surface area contributed by atoms with Crippen molar-refractivity contribution in [3.05, 3.63) is 24.3 Å². The van der Waals surface area contributed by atoms with Crippen LogP contribution < -0.4 is 10.2 Å². The Balaban J connectivity index is 1.48. The molecule has 0 unspecified atom stereocenters. The first-order valence-corrected chi connectivity index (χ1v) is 9.97. The minimum Gasteiger partial charge on any atom is -0.323 e. The molecule has 1 N–H and O–H groups in total. The zero-order chi connectivity index (χ0) is 19.2. The molecule has 1 aliphatic heterocycles. The van der Waals surface area contributed by atoms with Crippen molar-refractivity contribution < 1.29 is 14.4 Å². The average molecular weight is 386 g/mol. The summed E-state index contributed by atoms with van der Waals surface area (Å²) in [6, 6.07) is 7.18. The molecule has 2 heterocycles. The molecule has 7 nitrogen and oxygen atoms in total. The highest BCUT2D eigenvalue weighted by molar-refractivity contribution is 7.22. The molecule has 2 aromatic rings. The Hall–Kier alpha value is -2.48. The number of thiazole rings is 1. The van der Waals surface area contributed by atoms with Crippen molar-refractivity contribution in [2.45, 2.75) is 38.1 Å². The molecule has 4 amide bonds. The van der Waals surface area contributed by atoms with Crippen LogP contribution in [0.3, 0.4) is 0 Å². The molecule has 1 aromatic heterocycles. The third kappa shape index (κ3) is 3.07. The largest absolute Gasteiger partial charge is 0.325 e. The van der Waals surface area contributed by atoms with Gasteiger partial charge >= 0.3 is 6.03 Å². The summed E-state index contributed by atoms with van der Waals surface area (Å²) in [5.41, 5.74) is 0.000562. The molecular formula is C19H22N4O3S. The van der Waals surface area contributed by atoms with Crippen LogP contribution in [0.25, 0.3) is 10.2 Å². The highest BCUT2D eigenvalue weighted by atomic mass is 32.1. The molecule has 0 radical (unpaired) electrons. The number of para-hydroxylation sites is 1. The number of benzene rings is 1. The number of nitrogens with zero attached hydrogens (tertiary/aromatic N) is 3. The third-order valence-corrected chi connectivity index (χ3v) is 6.72. The van der Waals surface area contributed by atoms with Gasteiger partial charge in [0.2, 0.25) is 5.91 Å². The number of fused-ring (bicyclic) bond motifs is 1. The molecule has 0 atom stereocenters. The number of urea groups is 1. The second-order valence-electron chi connectivity index (χ2n) is 7.50. The zero-order valence-electron chi connectivity index (χ0n) is 15.4. The van der Waals surface area contributed by atoms with E-state index in [1.807, 2.05) is 24.3 Å². The van der Waals surface area contributed by atoms with Crippen LogP contribution in [-0.4, -0.2) is 46.9 Å². The minimum absolute atomic E-state index is 0.269. The Labute approximate surface area is 161 Å². The van der Waals surface area contributed by atoms with E-state index in [2.05, 4.69) is 17.2 Å². The van der Waals surface area contributed by atoms with Gasteiger partial charge in [0.05, 0.1) is 10.2 Å². The maximum Gasteiger partial charge on any atom is 0.325 e. The number of nitrogens with one attached hydrogen (secondary N) is 1. The molecule has 2 aliphatic rings. The van der Waals surface area contributed by atoms with Crippen LogP contribution in [-0.2, 0) is 9.59 Å². The van der Waals surface area contributed by atoms with Gasteiger partial charge in [-0.05, 0) is 43.7 Å². The number of likely N-dealkylation sites (N-methyl/N-ethyl adjacent to an activating group) is 1. The molecular weight excluding hydrogens is 364 g/mol. The normalized spacial score (nSPS) is 25.3. The number of hydrogen-bond acceptors (Lipinski definition) is 5. The van der Waals surface area contributed by atoms with E-state index in [-0.39, 0.29) is 18.4 Å². The van der Waals surface area contributed by atoms with Crippen LogP contribution in [0, 0.1) is 5.92 Å². The van der Waals surface area contributed by atoms with Crippen molar-refractivity contribution in [1.29, 1.82) is 0 Å². The molecule has 27 heavy (non-hydrogen) atoms. The van der Waals surface area contributed by atoms with E-state index in [1.54, 1.807) is 7.05 Å². The van der Waals surface area contributed by atoms with Gasteiger partial charge in [-0.15, -0.1) is 0 Å². The second-order valence-corrected chi connectivity index (χ2v) is 8.51. The second kappa shape index (κ2) is 6.60. The number of imide groups is 1. The summed E-state index contributed by atoms with van der Waals surface area (Å²) in [5, 5.41) is 3.40. The Morgan fingerprint density at radius 2 is 2.04 bits per heavy atom. The van der Waals surface area contributed by atoms with E-state index in [1.165, 1.54) is 16.2 Å². The zero-order valence-corrected chi connectivity index (χ0v) is 16.2. The molecule has 2 fully saturated rings. The summed E-state index contributed by atoms with van der Waals surface area (Å²) in [5.74, 6) is -0.0505. The number of anilines is 1. The average Bonchev–Trinajstić information content (AvgIpc) is 3.19. The Bertz CT molecular complexity index is 884. The van der Waals surface area contributed by atoms with Crippen LogP contribution in [0.4, 0.5) is 9.93 Å². The summed E-state index contributed by atoms with van der Waals surface area (Å²) in [6.45, 7) is 1.89. The topological polar surface area (TPSA) is 82.6 Å². The van der Waals surface area contributed by atoms with Gasteiger partial charge in [0, 0.05) is 7.05 Å². The van der Waals surface area contributed by atoms with E-state index < -0.39 is 11.6 Å². The van der Waals surface area contributed by atoms with Gasteiger partial charge in [-0.2, -0.15) is 0 Å². The van der Waals surface area contributed by atoms with Gasteiger partial charge in [-0.1, -0.05) is 30.4 Å². The fourth-order valence-electron chi connectivity index (χ4n) is 3.77. The van der Waals surface area contributed by atoms with Crippen LogP contribution in [0.1, 0.15) is 32.6 Å². The Kier molecular flexibility index (Phi) is 4.38.